The van der Waals surface area contributed by atoms with E-state index in [9.17, 15) is 9.59 Å². The highest BCUT2D eigenvalue weighted by molar-refractivity contribution is 7.14. The van der Waals surface area contributed by atoms with Crippen molar-refractivity contribution in [2.24, 2.45) is 0 Å². The number of aromatic nitrogens is 3. The molecule has 0 spiro atoms. The third kappa shape index (κ3) is 3.70. The van der Waals surface area contributed by atoms with Crippen molar-refractivity contribution in [3.8, 4) is 0 Å². The minimum atomic E-state index is -0.165. The van der Waals surface area contributed by atoms with Crippen LogP contribution in [0.4, 0.5) is 5.69 Å². The number of hydrogen-bond acceptors (Lipinski definition) is 6. The quantitative estimate of drug-likeness (QED) is 0.752. The number of hydrogen-bond donors (Lipinski definition) is 1. The molecular formula is C19H17N5O2S. The van der Waals surface area contributed by atoms with Crippen LogP contribution in [-0.4, -0.2) is 38.2 Å². The van der Waals surface area contributed by atoms with Gasteiger partial charge in [-0.15, -0.1) is 11.3 Å². The number of carbonyl (C=O) groups is 2. The average Bonchev–Trinajstić information content (AvgIpc) is 3.38. The Morgan fingerprint density at radius 3 is 2.70 bits per heavy atom. The summed E-state index contributed by atoms with van der Waals surface area (Å²) in [6.45, 7) is 0.677. The lowest BCUT2D eigenvalue weighted by molar-refractivity contribution is 0.0731. The Morgan fingerprint density at radius 2 is 1.93 bits per heavy atom. The molecule has 0 bridgehead atoms. The van der Waals surface area contributed by atoms with Crippen LogP contribution in [-0.2, 0) is 0 Å². The molecule has 8 heteroatoms. The van der Waals surface area contributed by atoms with Crippen molar-refractivity contribution in [1.29, 1.82) is 0 Å². The third-order valence-electron chi connectivity index (χ3n) is 4.41. The van der Waals surface area contributed by atoms with Crippen LogP contribution in [0.1, 0.15) is 43.9 Å². The van der Waals surface area contributed by atoms with E-state index in [4.69, 9.17) is 0 Å². The van der Waals surface area contributed by atoms with Gasteiger partial charge in [0.1, 0.15) is 5.69 Å². The maximum Gasteiger partial charge on any atom is 0.274 e. The molecule has 4 heterocycles. The van der Waals surface area contributed by atoms with Crippen LogP contribution >= 0.6 is 11.3 Å². The van der Waals surface area contributed by atoms with Crippen LogP contribution < -0.4 is 5.32 Å². The molecule has 0 aliphatic carbocycles. The van der Waals surface area contributed by atoms with E-state index in [1.165, 1.54) is 23.7 Å². The van der Waals surface area contributed by atoms with Crippen LogP contribution in [0, 0.1) is 0 Å². The summed E-state index contributed by atoms with van der Waals surface area (Å²) in [4.78, 5) is 40.7. The normalized spacial score (nSPS) is 16.3. The van der Waals surface area contributed by atoms with Crippen LogP contribution in [0.5, 0.6) is 0 Å². The number of carbonyl (C=O) groups excluding carboxylic acids is 2. The van der Waals surface area contributed by atoms with Gasteiger partial charge in [-0.05, 0) is 37.1 Å². The molecule has 1 fully saturated rings. The molecule has 0 radical (unpaired) electrons. The van der Waals surface area contributed by atoms with Crippen molar-refractivity contribution in [2.75, 3.05) is 11.9 Å². The number of nitrogens with zero attached hydrogens (tertiary/aromatic N) is 4. The zero-order valence-electron chi connectivity index (χ0n) is 14.4. The van der Waals surface area contributed by atoms with Gasteiger partial charge in [-0.25, -0.2) is 4.98 Å². The van der Waals surface area contributed by atoms with Gasteiger partial charge in [0.15, 0.2) is 0 Å². The van der Waals surface area contributed by atoms with Gasteiger partial charge in [-0.2, -0.15) is 0 Å². The van der Waals surface area contributed by atoms with Gasteiger partial charge in [0.05, 0.1) is 17.1 Å². The second-order valence-electron chi connectivity index (χ2n) is 6.14. The van der Waals surface area contributed by atoms with Crippen molar-refractivity contribution in [3.63, 3.8) is 0 Å². The molecule has 1 saturated heterocycles. The van der Waals surface area contributed by atoms with Crippen molar-refractivity contribution in [2.45, 2.75) is 18.9 Å². The van der Waals surface area contributed by atoms with E-state index in [2.05, 4.69) is 20.3 Å². The topological polar surface area (TPSA) is 88.1 Å². The predicted octanol–water partition coefficient (Wildman–Crippen LogP) is 3.16. The highest BCUT2D eigenvalue weighted by Gasteiger charge is 2.32. The molecule has 1 N–H and O–H groups in total. The van der Waals surface area contributed by atoms with Crippen molar-refractivity contribution in [1.82, 2.24) is 19.9 Å². The van der Waals surface area contributed by atoms with E-state index in [-0.39, 0.29) is 17.9 Å². The number of rotatable bonds is 4. The first kappa shape index (κ1) is 17.3. The summed E-state index contributed by atoms with van der Waals surface area (Å²) >= 11 is 1.42. The highest BCUT2D eigenvalue weighted by atomic mass is 32.1. The first-order valence-corrected chi connectivity index (χ1v) is 9.42. The van der Waals surface area contributed by atoms with Crippen LogP contribution in [0.3, 0.4) is 0 Å². The third-order valence-corrected chi connectivity index (χ3v) is 5.60. The van der Waals surface area contributed by atoms with Crippen molar-refractivity contribution >= 4 is 28.8 Å². The number of thiophene rings is 1. The highest BCUT2D eigenvalue weighted by Crippen LogP contribution is 2.36. The lowest BCUT2D eigenvalue weighted by Crippen LogP contribution is -2.30. The number of nitrogens with one attached hydrogen (secondary N) is 1. The summed E-state index contributed by atoms with van der Waals surface area (Å²) in [5, 5.41) is 2.85. The zero-order chi connectivity index (χ0) is 18.6. The minimum absolute atomic E-state index is 0.0352. The monoisotopic (exact) mass is 379 g/mol. The Bertz CT molecular complexity index is 945. The molecule has 2 amide bonds. The standard InChI is InChI=1S/C19H17N5O2S/c25-18(23-13-5-7-20-8-6-13)17-4-3-16(27-17)15-2-1-11-24(15)19(26)14-12-21-9-10-22-14/h3-10,12,15H,1-2,11H2,(H,20,23,25)/t15-/m0/s1. The minimum Gasteiger partial charge on any atom is -0.329 e. The Kier molecular flexibility index (Phi) is 4.88. The summed E-state index contributed by atoms with van der Waals surface area (Å²) < 4.78 is 0. The van der Waals surface area contributed by atoms with E-state index in [1.54, 1.807) is 36.8 Å². The summed E-state index contributed by atoms with van der Waals surface area (Å²) in [7, 11) is 0. The van der Waals surface area contributed by atoms with Gasteiger partial charge >= 0.3 is 0 Å². The molecule has 136 valence electrons. The summed E-state index contributed by atoms with van der Waals surface area (Å²) in [5.41, 5.74) is 1.04. The summed E-state index contributed by atoms with van der Waals surface area (Å²) in [6, 6.07) is 7.18. The first-order valence-electron chi connectivity index (χ1n) is 8.60. The fraction of sp³-hybridized carbons (Fsp3) is 0.211. The Morgan fingerprint density at radius 1 is 1.07 bits per heavy atom. The van der Waals surface area contributed by atoms with Gasteiger partial charge < -0.3 is 10.2 Å². The molecule has 7 nitrogen and oxygen atoms in total. The molecule has 3 aromatic heterocycles. The predicted molar refractivity (Wildman–Crippen MR) is 102 cm³/mol. The molecule has 1 aliphatic heterocycles. The summed E-state index contributed by atoms with van der Waals surface area (Å²) in [5.74, 6) is -0.288. The number of pyridine rings is 1. The molecule has 3 aromatic rings. The van der Waals surface area contributed by atoms with E-state index >= 15 is 0 Å². The Hall–Kier alpha value is -3.13. The fourth-order valence-electron chi connectivity index (χ4n) is 3.14. The average molecular weight is 379 g/mol. The lowest BCUT2D eigenvalue weighted by Gasteiger charge is -2.23. The molecule has 1 atom stereocenters. The Balaban J connectivity index is 1.50. The second kappa shape index (κ2) is 7.63. The van der Waals surface area contributed by atoms with E-state index in [0.717, 1.165) is 17.7 Å². The lowest BCUT2D eigenvalue weighted by atomic mass is 10.2. The molecular weight excluding hydrogens is 362 g/mol. The number of likely N-dealkylation sites (tertiary alicyclic amines) is 1. The van der Waals surface area contributed by atoms with Crippen molar-refractivity contribution in [3.05, 3.63) is 70.7 Å². The molecule has 1 aliphatic rings. The Labute approximate surface area is 160 Å². The van der Waals surface area contributed by atoms with E-state index < -0.39 is 0 Å². The van der Waals surface area contributed by atoms with Gasteiger partial charge in [0.25, 0.3) is 11.8 Å². The largest absolute Gasteiger partial charge is 0.329 e. The second-order valence-corrected chi connectivity index (χ2v) is 7.25. The van der Waals surface area contributed by atoms with Crippen molar-refractivity contribution < 1.29 is 9.59 Å². The molecule has 0 unspecified atom stereocenters. The molecule has 4 rings (SSSR count). The first-order chi connectivity index (χ1) is 13.2. The van der Waals surface area contributed by atoms with Gasteiger partial charge in [-0.1, -0.05) is 0 Å². The van der Waals surface area contributed by atoms with Gasteiger partial charge in [-0.3, -0.25) is 19.6 Å². The number of anilines is 1. The summed E-state index contributed by atoms with van der Waals surface area (Å²) in [6.07, 6.45) is 9.61. The zero-order valence-corrected chi connectivity index (χ0v) is 15.2. The number of amides is 2. The molecule has 0 saturated carbocycles. The van der Waals surface area contributed by atoms with Gasteiger partial charge in [0, 0.05) is 41.9 Å². The molecule has 0 aromatic carbocycles. The van der Waals surface area contributed by atoms with E-state index in [0.29, 0.717) is 22.8 Å². The maximum atomic E-state index is 12.8. The fourth-order valence-corrected chi connectivity index (χ4v) is 4.20. The van der Waals surface area contributed by atoms with Crippen LogP contribution in [0.2, 0.25) is 0 Å². The van der Waals surface area contributed by atoms with Crippen LogP contribution in [0.15, 0.2) is 55.2 Å². The van der Waals surface area contributed by atoms with E-state index in [1.807, 2.05) is 11.0 Å². The van der Waals surface area contributed by atoms with Gasteiger partial charge in [0.2, 0.25) is 0 Å². The smallest absolute Gasteiger partial charge is 0.274 e. The SMILES string of the molecule is O=C(Nc1ccncc1)c1ccc([C@@H]2CCCN2C(=O)c2cnccn2)s1. The van der Waals surface area contributed by atoms with Crippen LogP contribution in [0.25, 0.3) is 0 Å². The molecule has 27 heavy (non-hydrogen) atoms. The maximum absolute atomic E-state index is 12.8.